The number of nitrogens with zero attached hydrogens (tertiary/aromatic N) is 1. The van der Waals surface area contributed by atoms with Gasteiger partial charge in [0.25, 0.3) is 6.43 Å². The smallest absolute Gasteiger partial charge is 0.416 e. The number of methoxy groups -OCH3 is 2. The van der Waals surface area contributed by atoms with Crippen molar-refractivity contribution in [2.24, 2.45) is 0 Å². The maximum absolute atomic E-state index is 13.5. The molecule has 0 aromatic heterocycles. The van der Waals surface area contributed by atoms with Crippen molar-refractivity contribution < 1.29 is 54.2 Å². The zero-order valence-corrected chi connectivity index (χ0v) is 21.9. The summed E-state index contributed by atoms with van der Waals surface area (Å²) in [6, 6.07) is 2.99. The highest BCUT2D eigenvalue weighted by molar-refractivity contribution is 6.00. The maximum Gasteiger partial charge on any atom is 0.416 e. The van der Waals surface area contributed by atoms with E-state index >= 15 is 0 Å². The number of benzene rings is 2. The molecule has 0 spiro atoms. The average Bonchev–Trinajstić information content (AvgIpc) is 2.91. The highest BCUT2D eigenvalue weighted by Gasteiger charge is 2.39. The van der Waals surface area contributed by atoms with Crippen LogP contribution in [0.2, 0.25) is 0 Å². The maximum atomic E-state index is 13.5. The van der Waals surface area contributed by atoms with Gasteiger partial charge in [-0.1, -0.05) is 13.0 Å². The van der Waals surface area contributed by atoms with Crippen LogP contribution < -0.4 is 4.90 Å². The number of fused-ring (bicyclic) bond motifs is 1. The number of alkyl halides is 8. The first-order chi connectivity index (χ1) is 18.6. The molecular formula is C27H27F8NO4. The van der Waals surface area contributed by atoms with Crippen LogP contribution in [0.1, 0.15) is 60.4 Å². The molecule has 2 atom stereocenters. The minimum absolute atomic E-state index is 0.0303. The van der Waals surface area contributed by atoms with Gasteiger partial charge in [0.05, 0.1) is 30.0 Å². The summed E-state index contributed by atoms with van der Waals surface area (Å²) in [6.45, 7) is 4.41. The van der Waals surface area contributed by atoms with E-state index < -0.39 is 59.0 Å². The second kappa shape index (κ2) is 13.2. The van der Waals surface area contributed by atoms with E-state index in [1.165, 1.54) is 6.08 Å². The van der Waals surface area contributed by atoms with Gasteiger partial charge in [0.2, 0.25) is 6.41 Å². The number of amides is 1. The molecule has 0 radical (unpaired) electrons. The molecule has 1 amide bonds. The molecule has 2 aromatic rings. The number of carbonyl (C=O) groups is 2. The van der Waals surface area contributed by atoms with E-state index in [0.717, 1.165) is 30.7 Å². The van der Waals surface area contributed by atoms with Gasteiger partial charge < -0.3 is 14.4 Å². The van der Waals surface area contributed by atoms with E-state index in [1.807, 2.05) is 6.92 Å². The number of carbonyl (C=O) groups excluding carboxylic acids is 2. The number of hydrogen-bond acceptors (Lipinski definition) is 4. The number of rotatable bonds is 7. The Labute approximate surface area is 225 Å². The molecule has 3 rings (SSSR count). The monoisotopic (exact) mass is 581 g/mol. The Kier molecular flexibility index (Phi) is 10.8. The predicted molar refractivity (Wildman–Crippen MR) is 131 cm³/mol. The number of hydrogen-bond donors (Lipinski definition) is 0. The molecule has 0 fully saturated rings. The first kappa shape index (κ1) is 32.7. The fraction of sp³-hybridized carbons (Fsp3) is 0.407. The van der Waals surface area contributed by atoms with E-state index in [-0.39, 0.29) is 29.3 Å². The Balaban J connectivity index is 0.00000131. The van der Waals surface area contributed by atoms with Gasteiger partial charge in [-0.25, -0.2) is 8.78 Å². The molecule has 1 heterocycles. The summed E-state index contributed by atoms with van der Waals surface area (Å²) in [5.74, 6) is -2.97. The Morgan fingerprint density at radius 3 is 1.98 bits per heavy atom. The Hall–Kier alpha value is -3.48. The first-order valence-corrected chi connectivity index (χ1v) is 11.9. The average molecular weight is 581 g/mol. The lowest BCUT2D eigenvalue weighted by molar-refractivity contribution is -0.141. The molecule has 1 aliphatic rings. The van der Waals surface area contributed by atoms with Crippen LogP contribution in [0.3, 0.4) is 0 Å². The number of anilines is 1. The first-order valence-electron chi connectivity index (χ1n) is 11.9. The second-order valence-electron chi connectivity index (χ2n) is 8.56. The molecule has 1 aliphatic heterocycles. The van der Waals surface area contributed by atoms with Crippen molar-refractivity contribution in [3.8, 4) is 0 Å². The lowest BCUT2D eigenvalue weighted by atomic mass is 9.80. The molecular weight excluding hydrogens is 554 g/mol. The molecule has 2 aromatic carbocycles. The minimum Gasteiger partial charge on any atom is -0.468 e. The number of halogens is 8. The molecule has 0 saturated heterocycles. The summed E-state index contributed by atoms with van der Waals surface area (Å²) in [7, 11) is 2.59. The SMILES string of the molecule is CCC1C=C(C(C(=O)OC)c2cc(C(F)F)cc(C(F)(F)F)c2)c2cc(C(F)(F)F)ccc2N1C=O.CCOC. The third kappa shape index (κ3) is 7.38. The van der Waals surface area contributed by atoms with Crippen molar-refractivity contribution in [1.82, 2.24) is 0 Å². The fourth-order valence-corrected chi connectivity index (χ4v) is 4.12. The van der Waals surface area contributed by atoms with E-state index in [9.17, 15) is 44.7 Å². The summed E-state index contributed by atoms with van der Waals surface area (Å²) >= 11 is 0. The summed E-state index contributed by atoms with van der Waals surface area (Å²) < 4.78 is 117. The van der Waals surface area contributed by atoms with E-state index in [2.05, 4.69) is 4.74 Å². The molecule has 40 heavy (non-hydrogen) atoms. The molecule has 0 saturated carbocycles. The van der Waals surface area contributed by atoms with Crippen molar-refractivity contribution in [2.45, 2.75) is 51.0 Å². The number of ether oxygens (including phenoxy) is 2. The van der Waals surface area contributed by atoms with Gasteiger partial charge in [0.1, 0.15) is 5.92 Å². The predicted octanol–water partition coefficient (Wildman–Crippen LogP) is 7.41. The topological polar surface area (TPSA) is 55.8 Å². The van der Waals surface area contributed by atoms with E-state index in [1.54, 1.807) is 14.0 Å². The quantitative estimate of drug-likeness (QED) is 0.194. The van der Waals surface area contributed by atoms with Crippen LogP contribution in [0.15, 0.2) is 42.5 Å². The van der Waals surface area contributed by atoms with Crippen LogP contribution in [0.25, 0.3) is 5.57 Å². The van der Waals surface area contributed by atoms with Gasteiger partial charge in [0, 0.05) is 24.8 Å². The van der Waals surface area contributed by atoms with E-state index in [0.29, 0.717) is 24.6 Å². The standard InChI is InChI=1S/C24H19F8NO3.C3H8O/c1-3-16-10-18(17-9-14(23(27,28)29)4-5-19(17)33(16)11-34)20(22(35)36-2)12-6-13(21(25)26)8-15(7-12)24(30,31)32;1-3-4-2/h4-11,16,20-21H,3H2,1-2H3;3H2,1-2H3. The Bertz CT molecular complexity index is 1220. The lowest BCUT2D eigenvalue weighted by Crippen LogP contribution is -2.36. The van der Waals surface area contributed by atoms with Crippen molar-refractivity contribution in [2.75, 3.05) is 25.7 Å². The molecule has 0 N–H and O–H groups in total. The third-order valence-electron chi connectivity index (χ3n) is 6.10. The molecule has 0 aliphatic carbocycles. The zero-order valence-electron chi connectivity index (χ0n) is 21.9. The second-order valence-corrected chi connectivity index (χ2v) is 8.56. The van der Waals surface area contributed by atoms with Gasteiger partial charge in [-0.05, 0) is 60.9 Å². The molecule has 0 bridgehead atoms. The van der Waals surface area contributed by atoms with Gasteiger partial charge in [-0.15, -0.1) is 0 Å². The van der Waals surface area contributed by atoms with Gasteiger partial charge in [-0.2, -0.15) is 26.3 Å². The molecule has 13 heteroatoms. The summed E-state index contributed by atoms with van der Waals surface area (Å²) in [5.41, 5.74) is -4.69. The summed E-state index contributed by atoms with van der Waals surface area (Å²) in [6.07, 6.45) is -11.3. The van der Waals surface area contributed by atoms with Crippen LogP contribution >= 0.6 is 0 Å². The van der Waals surface area contributed by atoms with Crippen LogP contribution in [-0.2, 0) is 31.4 Å². The fourth-order valence-electron chi connectivity index (χ4n) is 4.12. The van der Waals surface area contributed by atoms with Crippen molar-refractivity contribution >= 4 is 23.6 Å². The zero-order chi connectivity index (χ0) is 30.4. The summed E-state index contributed by atoms with van der Waals surface area (Å²) in [4.78, 5) is 25.7. The summed E-state index contributed by atoms with van der Waals surface area (Å²) in [5, 5.41) is 0. The van der Waals surface area contributed by atoms with Crippen LogP contribution in [0.5, 0.6) is 0 Å². The number of esters is 1. The minimum atomic E-state index is -5.05. The largest absolute Gasteiger partial charge is 0.468 e. The van der Waals surface area contributed by atoms with E-state index in [4.69, 9.17) is 4.74 Å². The Morgan fingerprint density at radius 2 is 1.52 bits per heavy atom. The third-order valence-corrected chi connectivity index (χ3v) is 6.10. The Morgan fingerprint density at radius 1 is 0.950 bits per heavy atom. The molecule has 2 unspecified atom stereocenters. The van der Waals surface area contributed by atoms with Crippen molar-refractivity contribution in [1.29, 1.82) is 0 Å². The van der Waals surface area contributed by atoms with Crippen molar-refractivity contribution in [3.63, 3.8) is 0 Å². The normalized spacial score (nSPS) is 16.0. The van der Waals surface area contributed by atoms with Gasteiger partial charge in [-0.3, -0.25) is 9.59 Å². The highest BCUT2D eigenvalue weighted by Crippen LogP contribution is 2.46. The van der Waals surface area contributed by atoms with Crippen molar-refractivity contribution in [3.05, 3.63) is 70.3 Å². The molecule has 220 valence electrons. The molecule has 5 nitrogen and oxygen atoms in total. The van der Waals surface area contributed by atoms with Crippen LogP contribution in [-0.4, -0.2) is 39.2 Å². The van der Waals surface area contributed by atoms with Gasteiger partial charge in [0.15, 0.2) is 0 Å². The van der Waals surface area contributed by atoms with Crippen LogP contribution in [0, 0.1) is 0 Å². The highest BCUT2D eigenvalue weighted by atomic mass is 19.4. The van der Waals surface area contributed by atoms with Gasteiger partial charge >= 0.3 is 18.3 Å². The van der Waals surface area contributed by atoms with Crippen LogP contribution in [0.4, 0.5) is 40.8 Å². The lowest BCUT2D eigenvalue weighted by Gasteiger charge is -2.35.